The zero-order valence-electron chi connectivity index (χ0n) is 16.7. The Balaban J connectivity index is 1.95. The van der Waals surface area contributed by atoms with Gasteiger partial charge in [0.05, 0.1) is 20.3 Å². The summed E-state index contributed by atoms with van der Waals surface area (Å²) in [5.41, 5.74) is 1.07. The number of nitrogens with one attached hydrogen (secondary N) is 2. The van der Waals surface area contributed by atoms with E-state index in [1.54, 1.807) is 30.0 Å². The van der Waals surface area contributed by atoms with Crippen LogP contribution < -0.4 is 10.2 Å². The quantitative estimate of drug-likeness (QED) is 0.681. The minimum Gasteiger partial charge on any atom is -0.356 e. The van der Waals surface area contributed by atoms with E-state index in [4.69, 9.17) is 16.4 Å². The van der Waals surface area contributed by atoms with Gasteiger partial charge in [0.1, 0.15) is 5.82 Å². The van der Waals surface area contributed by atoms with E-state index in [-0.39, 0.29) is 36.3 Å². The molecule has 0 spiro atoms. The van der Waals surface area contributed by atoms with Crippen LogP contribution in [0, 0.1) is 11.7 Å². The maximum absolute atomic E-state index is 13.8. The summed E-state index contributed by atoms with van der Waals surface area (Å²) in [6, 6.07) is 6.25. The highest BCUT2D eigenvalue weighted by atomic mass is 35.5. The number of benzene rings is 1. The van der Waals surface area contributed by atoms with Crippen LogP contribution in [0.25, 0.3) is 0 Å². The second-order valence-electron chi connectivity index (χ2n) is 7.45. The topological polar surface area (TPSA) is 86.2 Å². The number of halogens is 3. The maximum atomic E-state index is 13.8. The Morgan fingerprint density at radius 2 is 2.07 bits per heavy atom. The van der Waals surface area contributed by atoms with Gasteiger partial charge in [-0.3, -0.25) is 4.79 Å². The van der Waals surface area contributed by atoms with E-state index in [9.17, 15) is 17.8 Å². The van der Waals surface area contributed by atoms with Crippen LogP contribution in [-0.4, -0.2) is 40.4 Å². The van der Waals surface area contributed by atoms with E-state index >= 15 is 0 Å². The molecule has 1 atom stereocenters. The van der Waals surface area contributed by atoms with Crippen LogP contribution in [-0.2, 0) is 9.73 Å². The van der Waals surface area contributed by atoms with E-state index in [0.717, 1.165) is 0 Å². The van der Waals surface area contributed by atoms with Crippen LogP contribution in [0.3, 0.4) is 0 Å². The molecule has 1 amide bonds. The lowest BCUT2D eigenvalue weighted by Crippen LogP contribution is -2.30. The number of hydrogen-bond donors (Lipinski definition) is 2. The van der Waals surface area contributed by atoms with Crippen molar-refractivity contribution in [1.82, 2.24) is 4.98 Å². The van der Waals surface area contributed by atoms with E-state index in [2.05, 4.69) is 10.3 Å². The zero-order chi connectivity index (χ0) is 22.1. The molecule has 0 bridgehead atoms. The molecule has 1 aliphatic heterocycles. The monoisotopic (exact) mass is 456 g/mol. The SMILES string of the molecule is Cc1c(Cl)cnc(N2CCCC(F)(F)CC2)c1C(=O)Nc1cccc(S(C)(=N)=O)c1. The van der Waals surface area contributed by atoms with Gasteiger partial charge in [-0.15, -0.1) is 0 Å². The second-order valence-corrected chi connectivity index (χ2v) is 10.0. The molecule has 10 heteroatoms. The summed E-state index contributed by atoms with van der Waals surface area (Å²) < 4.78 is 47.3. The summed E-state index contributed by atoms with van der Waals surface area (Å²) >= 11 is 6.19. The third-order valence-corrected chi connectivity index (χ3v) is 6.58. The highest BCUT2D eigenvalue weighted by Crippen LogP contribution is 2.33. The Kier molecular flexibility index (Phi) is 6.33. The van der Waals surface area contributed by atoms with Crippen molar-refractivity contribution in [2.75, 3.05) is 29.6 Å². The van der Waals surface area contributed by atoms with Gasteiger partial charge in [-0.1, -0.05) is 17.7 Å². The number of carbonyl (C=O) groups excluding carboxylic acids is 1. The molecule has 6 nitrogen and oxygen atoms in total. The number of pyridine rings is 1. The van der Waals surface area contributed by atoms with Crippen molar-refractivity contribution in [3.8, 4) is 0 Å². The van der Waals surface area contributed by atoms with Gasteiger partial charge in [0.2, 0.25) is 5.92 Å². The van der Waals surface area contributed by atoms with Crippen LogP contribution in [0.2, 0.25) is 5.02 Å². The summed E-state index contributed by atoms with van der Waals surface area (Å²) in [4.78, 5) is 19.4. The maximum Gasteiger partial charge on any atom is 0.259 e. The lowest BCUT2D eigenvalue weighted by atomic mass is 10.1. The van der Waals surface area contributed by atoms with Gasteiger partial charge in [0.25, 0.3) is 5.91 Å². The first kappa shape index (κ1) is 22.4. The Morgan fingerprint density at radius 1 is 1.33 bits per heavy atom. The fraction of sp³-hybridized carbons (Fsp3) is 0.400. The van der Waals surface area contributed by atoms with Crippen LogP contribution in [0.1, 0.15) is 35.2 Å². The molecule has 30 heavy (non-hydrogen) atoms. The molecule has 0 radical (unpaired) electrons. The molecule has 2 N–H and O–H groups in total. The highest BCUT2D eigenvalue weighted by Gasteiger charge is 2.33. The van der Waals surface area contributed by atoms with Crippen LogP contribution in [0.5, 0.6) is 0 Å². The molecule has 0 saturated carbocycles. The number of anilines is 2. The lowest BCUT2D eigenvalue weighted by Gasteiger charge is -2.25. The third-order valence-electron chi connectivity index (χ3n) is 5.04. The third kappa shape index (κ3) is 5.07. The first-order valence-electron chi connectivity index (χ1n) is 9.41. The van der Waals surface area contributed by atoms with Crippen molar-refractivity contribution in [3.63, 3.8) is 0 Å². The summed E-state index contributed by atoms with van der Waals surface area (Å²) in [6.45, 7) is 2.11. The van der Waals surface area contributed by atoms with Crippen molar-refractivity contribution < 1.29 is 17.8 Å². The molecule has 1 aromatic carbocycles. The fourth-order valence-corrected chi connectivity index (χ4v) is 4.20. The van der Waals surface area contributed by atoms with Crippen molar-refractivity contribution in [3.05, 3.63) is 46.6 Å². The number of alkyl halides is 2. The van der Waals surface area contributed by atoms with Crippen molar-refractivity contribution in [2.45, 2.75) is 37.0 Å². The molecule has 1 fully saturated rings. The summed E-state index contributed by atoms with van der Waals surface area (Å²) in [5.74, 6) is -2.93. The molecule has 1 unspecified atom stereocenters. The Hall–Kier alpha value is -2.26. The van der Waals surface area contributed by atoms with Gasteiger partial charge in [-0.05, 0) is 37.1 Å². The van der Waals surface area contributed by atoms with E-state index < -0.39 is 21.6 Å². The highest BCUT2D eigenvalue weighted by molar-refractivity contribution is 7.91. The van der Waals surface area contributed by atoms with E-state index in [1.807, 2.05) is 0 Å². The van der Waals surface area contributed by atoms with Crippen molar-refractivity contribution in [1.29, 1.82) is 4.78 Å². The number of aromatic nitrogens is 1. The average molecular weight is 457 g/mol. The van der Waals surface area contributed by atoms with Gasteiger partial charge in [0.15, 0.2) is 0 Å². The van der Waals surface area contributed by atoms with Gasteiger partial charge < -0.3 is 10.2 Å². The van der Waals surface area contributed by atoms with Crippen LogP contribution in [0.4, 0.5) is 20.3 Å². The molecular formula is C20H23ClF2N4O2S. The van der Waals surface area contributed by atoms with Gasteiger partial charge in [-0.2, -0.15) is 0 Å². The van der Waals surface area contributed by atoms with Gasteiger partial charge >= 0.3 is 0 Å². The normalized spacial score (nSPS) is 18.4. The molecule has 1 saturated heterocycles. The number of carbonyl (C=O) groups is 1. The number of amides is 1. The number of hydrogen-bond acceptors (Lipinski definition) is 5. The molecule has 1 aliphatic rings. The summed E-state index contributed by atoms with van der Waals surface area (Å²) in [7, 11) is -2.95. The molecule has 2 aromatic rings. The molecular weight excluding hydrogens is 434 g/mol. The standard InChI is InChI=1S/C20H23ClF2N4O2S/c1-13-16(21)12-25-18(27-9-4-7-20(22,23)8-10-27)17(13)19(28)26-14-5-3-6-15(11-14)30(2,24)29/h3,5-6,11-12,24H,4,7-10H2,1-2H3,(H,26,28). The largest absolute Gasteiger partial charge is 0.356 e. The zero-order valence-corrected chi connectivity index (χ0v) is 18.2. The summed E-state index contributed by atoms with van der Waals surface area (Å²) in [6.07, 6.45) is 2.49. The number of nitrogens with zero attached hydrogens (tertiary/aromatic N) is 2. The first-order chi connectivity index (χ1) is 14.0. The van der Waals surface area contributed by atoms with Gasteiger partial charge in [-0.25, -0.2) is 22.8 Å². The van der Waals surface area contributed by atoms with Gasteiger partial charge in [0, 0.05) is 49.0 Å². The lowest BCUT2D eigenvalue weighted by molar-refractivity contribution is -0.0102. The predicted octanol–water partition coefficient (Wildman–Crippen LogP) is 4.96. The predicted molar refractivity (Wildman–Crippen MR) is 114 cm³/mol. The number of rotatable bonds is 4. The minimum absolute atomic E-state index is 0.0770. The van der Waals surface area contributed by atoms with Crippen molar-refractivity contribution in [2.24, 2.45) is 0 Å². The molecule has 3 rings (SSSR count). The van der Waals surface area contributed by atoms with Crippen LogP contribution >= 0.6 is 11.6 Å². The molecule has 2 heterocycles. The van der Waals surface area contributed by atoms with E-state index in [0.29, 0.717) is 28.6 Å². The molecule has 162 valence electrons. The minimum atomic E-state index is -2.95. The van der Waals surface area contributed by atoms with Crippen LogP contribution in [0.15, 0.2) is 35.4 Å². The fourth-order valence-electron chi connectivity index (χ4n) is 3.36. The Labute approximate surface area is 179 Å². The smallest absolute Gasteiger partial charge is 0.259 e. The molecule has 1 aromatic heterocycles. The van der Waals surface area contributed by atoms with Crippen molar-refractivity contribution >= 4 is 38.7 Å². The van der Waals surface area contributed by atoms with E-state index in [1.165, 1.54) is 18.5 Å². The summed E-state index contributed by atoms with van der Waals surface area (Å²) in [5, 5.41) is 3.02. The first-order valence-corrected chi connectivity index (χ1v) is 11.8. The molecule has 0 aliphatic carbocycles. The average Bonchev–Trinajstić information content (AvgIpc) is 2.84. The Bertz CT molecular complexity index is 1080. The Morgan fingerprint density at radius 3 is 2.77 bits per heavy atom. The second kappa shape index (κ2) is 8.47.